The lowest BCUT2D eigenvalue weighted by molar-refractivity contribution is 0.0239. The number of hydrogen-bond acceptors (Lipinski definition) is 6. The minimum absolute atomic E-state index is 0.0387. The first-order valence-corrected chi connectivity index (χ1v) is 11.1. The second kappa shape index (κ2) is 9.78. The number of nitrogens with zero attached hydrogens (tertiary/aromatic N) is 5. The van der Waals surface area contributed by atoms with Crippen LogP contribution in [0.4, 0.5) is 23.9 Å². The van der Waals surface area contributed by atoms with Gasteiger partial charge in [-0.25, -0.2) is 27.9 Å². The predicted molar refractivity (Wildman–Crippen MR) is 123 cm³/mol. The molecule has 3 N–H and O–H groups in total. The van der Waals surface area contributed by atoms with E-state index in [1.165, 1.54) is 21.8 Å². The van der Waals surface area contributed by atoms with Crippen molar-refractivity contribution in [2.75, 3.05) is 18.9 Å². The van der Waals surface area contributed by atoms with E-state index in [2.05, 4.69) is 20.4 Å². The Bertz CT molecular complexity index is 1270. The van der Waals surface area contributed by atoms with Crippen molar-refractivity contribution in [2.24, 2.45) is 0 Å². The summed E-state index contributed by atoms with van der Waals surface area (Å²) in [4.78, 5) is 22.3. The van der Waals surface area contributed by atoms with Crippen LogP contribution in [-0.2, 0) is 19.6 Å². The van der Waals surface area contributed by atoms with Gasteiger partial charge >= 0.3 is 6.03 Å². The first-order valence-electron chi connectivity index (χ1n) is 10.4. The summed E-state index contributed by atoms with van der Waals surface area (Å²) < 4.78 is 46.8. The molecule has 0 aliphatic carbocycles. The molecule has 0 unspecified atom stereocenters. The second-order valence-electron chi connectivity index (χ2n) is 7.97. The number of carbonyl (C=O) groups excluding carboxylic acids is 1. The highest BCUT2D eigenvalue weighted by molar-refractivity contribution is 6.37. The zero-order chi connectivity index (χ0) is 25.3. The number of aromatic nitrogens is 4. The molecule has 2 aromatic heterocycles. The van der Waals surface area contributed by atoms with Crippen LogP contribution in [-0.4, -0.2) is 49.8 Å². The lowest BCUT2D eigenvalue weighted by Crippen LogP contribution is -2.41. The summed E-state index contributed by atoms with van der Waals surface area (Å²) in [6.45, 7) is 0.337. The van der Waals surface area contributed by atoms with Crippen molar-refractivity contribution in [3.63, 3.8) is 0 Å². The molecule has 0 saturated carbocycles. The van der Waals surface area contributed by atoms with E-state index < -0.39 is 24.3 Å². The maximum absolute atomic E-state index is 13.2. The number of fused-ring (bicyclic) bond motifs is 1. The summed E-state index contributed by atoms with van der Waals surface area (Å²) in [6.07, 6.45) is 2.31. The van der Waals surface area contributed by atoms with E-state index in [9.17, 15) is 18.0 Å². The zero-order valence-corrected chi connectivity index (χ0v) is 19.9. The van der Waals surface area contributed by atoms with Crippen LogP contribution in [0.3, 0.4) is 0 Å². The number of halogens is 5. The molecule has 2 amide bonds. The average Bonchev–Trinajstić information content (AvgIpc) is 3.37. The molecule has 1 aliphatic rings. The van der Waals surface area contributed by atoms with E-state index in [0.717, 1.165) is 6.20 Å². The number of nitrogens with two attached hydrogens (primary N) is 1. The highest BCUT2D eigenvalue weighted by Gasteiger charge is 2.32. The minimum atomic E-state index is -3.05. The molecule has 0 atom stereocenters. The van der Waals surface area contributed by atoms with Crippen molar-refractivity contribution in [2.45, 2.75) is 32.5 Å². The first kappa shape index (κ1) is 24.9. The van der Waals surface area contributed by atoms with Crippen LogP contribution in [0.2, 0.25) is 10.0 Å². The largest absolute Gasteiger partial charge is 0.491 e. The van der Waals surface area contributed by atoms with E-state index >= 15 is 0 Å². The molecule has 0 fully saturated rings. The van der Waals surface area contributed by atoms with Crippen molar-refractivity contribution in [3.8, 4) is 17.0 Å². The van der Waals surface area contributed by atoms with E-state index in [1.807, 2.05) is 0 Å². The van der Waals surface area contributed by atoms with E-state index in [0.29, 0.717) is 34.5 Å². The van der Waals surface area contributed by atoms with Crippen molar-refractivity contribution in [1.29, 1.82) is 0 Å². The summed E-state index contributed by atoms with van der Waals surface area (Å²) in [5.41, 5.74) is 7.61. The number of nitrogen functional groups attached to an aromatic ring is 1. The van der Waals surface area contributed by atoms with Crippen molar-refractivity contribution >= 4 is 35.2 Å². The van der Waals surface area contributed by atoms with Gasteiger partial charge in [-0.15, -0.1) is 0 Å². The van der Waals surface area contributed by atoms with Crippen LogP contribution in [0, 0.1) is 5.82 Å². The molecule has 0 radical (unpaired) electrons. The van der Waals surface area contributed by atoms with E-state index in [1.54, 1.807) is 6.07 Å². The van der Waals surface area contributed by atoms with Gasteiger partial charge in [0, 0.05) is 17.5 Å². The zero-order valence-electron chi connectivity index (χ0n) is 18.4. The maximum Gasteiger partial charge on any atom is 0.318 e. The Hall–Kier alpha value is -3.25. The Morgan fingerprint density at radius 2 is 2.06 bits per heavy atom. The number of rotatable bonds is 7. The fourth-order valence-corrected chi connectivity index (χ4v) is 4.13. The molecule has 3 heterocycles. The van der Waals surface area contributed by atoms with Crippen LogP contribution in [0.1, 0.15) is 18.2 Å². The standard InChI is InChI=1S/C21H20Cl2F3N7O2/c1-21(25,26)10-28-20(34)32-8-13-15(9-32)30-19(27)31-18(13)17-14(23)4-11(22)5-16(17)35-3-2-33-7-12(24)6-29-33/h4-7H,2-3,8-10H2,1H3,(H,28,34)(H2,27,30,31). The molecule has 0 saturated heterocycles. The predicted octanol–water partition coefficient (Wildman–Crippen LogP) is 4.13. The molecular formula is C21H20Cl2F3N7O2. The summed E-state index contributed by atoms with van der Waals surface area (Å²) in [5, 5.41) is 6.58. The monoisotopic (exact) mass is 529 g/mol. The van der Waals surface area contributed by atoms with Gasteiger partial charge < -0.3 is 20.7 Å². The molecule has 186 valence electrons. The van der Waals surface area contributed by atoms with Gasteiger partial charge in [0.05, 0.1) is 60.5 Å². The lowest BCUT2D eigenvalue weighted by atomic mass is 10.0. The number of nitrogens with one attached hydrogen (secondary N) is 1. The SMILES string of the molecule is CC(F)(F)CNC(=O)N1Cc2nc(N)nc(-c3c(Cl)cc(Cl)cc3OCCn3cc(F)cn3)c2C1. The van der Waals surface area contributed by atoms with Crippen molar-refractivity contribution in [1.82, 2.24) is 30.0 Å². The second-order valence-corrected chi connectivity index (χ2v) is 8.82. The number of anilines is 1. The third-order valence-electron chi connectivity index (χ3n) is 5.07. The van der Waals surface area contributed by atoms with Gasteiger partial charge in [0.2, 0.25) is 5.95 Å². The quantitative estimate of drug-likeness (QED) is 0.476. The average molecular weight is 530 g/mol. The fourth-order valence-electron chi connectivity index (χ4n) is 3.57. The molecule has 3 aromatic rings. The molecule has 0 bridgehead atoms. The Balaban J connectivity index is 1.62. The van der Waals surface area contributed by atoms with Gasteiger partial charge in [-0.1, -0.05) is 23.2 Å². The van der Waals surface area contributed by atoms with Crippen molar-refractivity contribution < 1.29 is 22.7 Å². The Labute approximate surface area is 208 Å². The highest BCUT2D eigenvalue weighted by Crippen LogP contribution is 2.42. The number of hydrogen-bond donors (Lipinski definition) is 2. The summed E-state index contributed by atoms with van der Waals surface area (Å²) in [5.74, 6) is -3.31. The van der Waals surface area contributed by atoms with Crippen LogP contribution >= 0.6 is 23.2 Å². The number of benzene rings is 1. The van der Waals surface area contributed by atoms with Crippen LogP contribution in [0.5, 0.6) is 5.75 Å². The normalized spacial score (nSPS) is 13.1. The van der Waals surface area contributed by atoms with Gasteiger partial charge in [-0.2, -0.15) is 5.10 Å². The number of amides is 2. The molecule has 14 heteroatoms. The van der Waals surface area contributed by atoms with Gasteiger partial charge in [-0.3, -0.25) is 4.68 Å². The third kappa shape index (κ3) is 5.88. The first-order chi connectivity index (χ1) is 16.5. The van der Waals surface area contributed by atoms with Crippen LogP contribution in [0.25, 0.3) is 11.3 Å². The maximum atomic E-state index is 13.2. The summed E-state index contributed by atoms with van der Waals surface area (Å²) >= 11 is 12.7. The van der Waals surface area contributed by atoms with Gasteiger partial charge in [0.1, 0.15) is 12.4 Å². The summed E-state index contributed by atoms with van der Waals surface area (Å²) in [7, 11) is 0. The Morgan fingerprint density at radius 3 is 2.74 bits per heavy atom. The molecular weight excluding hydrogens is 510 g/mol. The number of urea groups is 1. The Morgan fingerprint density at radius 1 is 1.29 bits per heavy atom. The smallest absolute Gasteiger partial charge is 0.318 e. The number of ether oxygens (including phenoxy) is 1. The van der Waals surface area contributed by atoms with Gasteiger partial charge in [-0.05, 0) is 12.1 Å². The van der Waals surface area contributed by atoms with Gasteiger partial charge in [0.15, 0.2) is 5.82 Å². The molecule has 1 aromatic carbocycles. The topological polar surface area (TPSA) is 111 Å². The van der Waals surface area contributed by atoms with Crippen LogP contribution < -0.4 is 15.8 Å². The number of alkyl halides is 2. The van der Waals surface area contributed by atoms with Gasteiger partial charge in [0.25, 0.3) is 5.92 Å². The third-order valence-corrected chi connectivity index (χ3v) is 5.59. The number of carbonyl (C=O) groups is 1. The van der Waals surface area contributed by atoms with Crippen LogP contribution in [0.15, 0.2) is 24.5 Å². The van der Waals surface area contributed by atoms with E-state index in [4.69, 9.17) is 33.7 Å². The lowest BCUT2D eigenvalue weighted by Gasteiger charge is -2.18. The van der Waals surface area contributed by atoms with Crippen molar-refractivity contribution in [3.05, 3.63) is 51.6 Å². The van der Waals surface area contributed by atoms with E-state index in [-0.39, 0.29) is 43.0 Å². The Kier molecular flexibility index (Phi) is 6.95. The molecule has 0 spiro atoms. The minimum Gasteiger partial charge on any atom is -0.491 e. The molecule has 35 heavy (non-hydrogen) atoms. The summed E-state index contributed by atoms with van der Waals surface area (Å²) in [6, 6.07) is 2.36. The molecule has 4 rings (SSSR count). The molecule has 1 aliphatic heterocycles. The molecule has 9 nitrogen and oxygen atoms in total. The highest BCUT2D eigenvalue weighted by atomic mass is 35.5. The fraction of sp³-hybridized carbons (Fsp3) is 0.333.